The number of nitrogens with one attached hydrogen (secondary N) is 1. The summed E-state index contributed by atoms with van der Waals surface area (Å²) in [5.41, 5.74) is 2.61. The minimum absolute atomic E-state index is 0.177. The zero-order valence-electron chi connectivity index (χ0n) is 15.2. The Morgan fingerprint density at radius 1 is 1.11 bits per heavy atom. The Morgan fingerprint density at radius 2 is 1.89 bits per heavy atom. The van der Waals surface area contributed by atoms with Crippen LogP contribution in [0.1, 0.15) is 23.2 Å². The molecule has 3 nitrogen and oxygen atoms in total. The van der Waals surface area contributed by atoms with Crippen LogP contribution in [-0.2, 0) is 19.0 Å². The lowest BCUT2D eigenvalue weighted by Gasteiger charge is -2.28. The van der Waals surface area contributed by atoms with Gasteiger partial charge in [0.25, 0.3) is 0 Å². The Bertz CT molecular complexity index is 975. The van der Waals surface area contributed by atoms with E-state index in [0.717, 1.165) is 42.3 Å². The number of alkyl halides is 3. The van der Waals surface area contributed by atoms with Crippen molar-refractivity contribution in [3.63, 3.8) is 0 Å². The van der Waals surface area contributed by atoms with Crippen LogP contribution >= 0.6 is 0 Å². The number of aromatic nitrogens is 1. The van der Waals surface area contributed by atoms with Crippen LogP contribution in [0, 0.1) is 0 Å². The molecule has 1 unspecified atom stereocenters. The van der Waals surface area contributed by atoms with Gasteiger partial charge in [-0.05, 0) is 63.2 Å². The van der Waals surface area contributed by atoms with Crippen LogP contribution in [-0.4, -0.2) is 30.0 Å². The van der Waals surface area contributed by atoms with E-state index in [-0.39, 0.29) is 5.75 Å². The molecule has 0 spiro atoms. The molecule has 0 fully saturated rings. The lowest BCUT2D eigenvalue weighted by atomic mass is 9.91. The summed E-state index contributed by atoms with van der Waals surface area (Å²) in [6.07, 6.45) is -1.40. The molecule has 0 radical (unpaired) electrons. The maximum Gasteiger partial charge on any atom is 0.416 e. The maximum atomic E-state index is 13.0. The van der Waals surface area contributed by atoms with Crippen molar-refractivity contribution in [2.24, 2.45) is 0 Å². The summed E-state index contributed by atoms with van der Waals surface area (Å²) < 4.78 is 44.7. The van der Waals surface area contributed by atoms with Gasteiger partial charge >= 0.3 is 6.18 Å². The Labute approximate surface area is 155 Å². The number of aromatic amines is 1. The molecular formula is C21H21F3N2O. The lowest BCUT2D eigenvalue weighted by Crippen LogP contribution is -2.33. The molecule has 1 N–H and O–H groups in total. The first kappa shape index (κ1) is 17.9. The van der Waals surface area contributed by atoms with Crippen molar-refractivity contribution < 1.29 is 17.9 Å². The van der Waals surface area contributed by atoms with Crippen LogP contribution in [0.5, 0.6) is 11.5 Å². The molecule has 0 amide bonds. The molecule has 1 aliphatic carbocycles. The molecular weight excluding hydrogens is 353 g/mol. The van der Waals surface area contributed by atoms with Crippen LogP contribution in [0.15, 0.2) is 42.5 Å². The third kappa shape index (κ3) is 3.41. The number of fused-ring (bicyclic) bond motifs is 3. The Hall–Kier alpha value is -2.47. The fraction of sp³-hybridized carbons (Fsp3) is 0.333. The lowest BCUT2D eigenvalue weighted by molar-refractivity contribution is -0.137. The molecule has 142 valence electrons. The molecule has 0 saturated carbocycles. The third-order valence-electron chi connectivity index (χ3n) is 5.28. The van der Waals surface area contributed by atoms with E-state index in [0.29, 0.717) is 11.8 Å². The van der Waals surface area contributed by atoms with Gasteiger partial charge in [0.2, 0.25) is 0 Å². The number of rotatable bonds is 3. The van der Waals surface area contributed by atoms with Crippen LogP contribution in [0.4, 0.5) is 13.2 Å². The van der Waals surface area contributed by atoms with Gasteiger partial charge in [-0.1, -0.05) is 18.2 Å². The molecule has 0 bridgehead atoms. The van der Waals surface area contributed by atoms with Crippen molar-refractivity contribution in [3.8, 4) is 11.5 Å². The summed E-state index contributed by atoms with van der Waals surface area (Å²) in [5.74, 6) is 0.721. The van der Waals surface area contributed by atoms with Crippen molar-refractivity contribution in [1.82, 2.24) is 9.88 Å². The highest BCUT2D eigenvalue weighted by Gasteiger charge is 2.31. The summed E-state index contributed by atoms with van der Waals surface area (Å²) in [6, 6.07) is 11.2. The zero-order chi connectivity index (χ0) is 19.2. The molecule has 1 atom stereocenters. The van der Waals surface area contributed by atoms with Gasteiger partial charge in [0.15, 0.2) is 5.75 Å². The van der Waals surface area contributed by atoms with Gasteiger partial charge in [0, 0.05) is 17.1 Å². The van der Waals surface area contributed by atoms with Crippen LogP contribution in [0.2, 0.25) is 0 Å². The topological polar surface area (TPSA) is 28.3 Å². The number of benzene rings is 2. The van der Waals surface area contributed by atoms with Gasteiger partial charge in [0.05, 0.1) is 11.1 Å². The number of likely N-dealkylation sites (N-methyl/N-ethyl adjacent to an activating group) is 1. The second-order valence-corrected chi connectivity index (χ2v) is 7.25. The van der Waals surface area contributed by atoms with E-state index in [9.17, 15) is 13.2 Å². The van der Waals surface area contributed by atoms with E-state index >= 15 is 0 Å². The van der Waals surface area contributed by atoms with Gasteiger partial charge in [-0.2, -0.15) is 13.2 Å². The number of hydrogen-bond donors (Lipinski definition) is 1. The SMILES string of the molecule is CN(C)C1CCc2[nH]c3c(Oc4cccc(C(F)(F)F)c4)cccc3c2C1. The molecule has 1 heterocycles. The van der Waals surface area contributed by atoms with E-state index in [4.69, 9.17) is 4.74 Å². The molecule has 27 heavy (non-hydrogen) atoms. The standard InChI is InChI=1S/C21H21F3N2O/c1-26(2)14-9-10-18-17(12-14)16-7-4-8-19(20(16)25-18)27-15-6-3-5-13(11-15)21(22,23)24/h3-8,11,14,25H,9-10,12H2,1-2H3. The second-order valence-electron chi connectivity index (χ2n) is 7.25. The van der Waals surface area contributed by atoms with Crippen molar-refractivity contribution in [2.75, 3.05) is 14.1 Å². The monoisotopic (exact) mass is 374 g/mol. The quantitative estimate of drug-likeness (QED) is 0.665. The number of hydrogen-bond acceptors (Lipinski definition) is 2. The Balaban J connectivity index is 1.70. The average molecular weight is 374 g/mol. The van der Waals surface area contributed by atoms with Gasteiger partial charge in [0.1, 0.15) is 5.75 Å². The van der Waals surface area contributed by atoms with E-state index in [1.165, 1.54) is 17.3 Å². The molecule has 6 heteroatoms. The minimum atomic E-state index is -4.39. The first-order valence-electron chi connectivity index (χ1n) is 8.97. The number of aryl methyl sites for hydroxylation is 1. The summed E-state index contributed by atoms with van der Waals surface area (Å²) in [4.78, 5) is 5.68. The van der Waals surface area contributed by atoms with Crippen molar-refractivity contribution in [3.05, 3.63) is 59.3 Å². The summed E-state index contributed by atoms with van der Waals surface area (Å²) in [5, 5.41) is 1.08. The molecule has 2 aromatic carbocycles. The van der Waals surface area contributed by atoms with Crippen molar-refractivity contribution in [1.29, 1.82) is 0 Å². The van der Waals surface area contributed by atoms with Crippen LogP contribution < -0.4 is 4.74 Å². The highest BCUT2D eigenvalue weighted by Crippen LogP contribution is 2.37. The highest BCUT2D eigenvalue weighted by atomic mass is 19.4. The first-order chi connectivity index (χ1) is 12.8. The van der Waals surface area contributed by atoms with Crippen molar-refractivity contribution >= 4 is 10.9 Å². The number of ether oxygens (including phenoxy) is 1. The zero-order valence-corrected chi connectivity index (χ0v) is 15.2. The predicted octanol–water partition coefficient (Wildman–Crippen LogP) is 5.40. The van der Waals surface area contributed by atoms with Crippen molar-refractivity contribution in [2.45, 2.75) is 31.5 Å². The number of H-pyrrole nitrogens is 1. The predicted molar refractivity (Wildman–Crippen MR) is 99.3 cm³/mol. The van der Waals surface area contributed by atoms with E-state index in [1.54, 1.807) is 12.1 Å². The average Bonchev–Trinajstić information content (AvgIpc) is 3.00. The smallest absolute Gasteiger partial charge is 0.416 e. The Kier molecular flexibility index (Phi) is 4.38. The largest absolute Gasteiger partial charge is 0.455 e. The Morgan fingerprint density at radius 3 is 2.63 bits per heavy atom. The molecule has 0 saturated heterocycles. The van der Waals surface area contributed by atoms with Gasteiger partial charge in [-0.15, -0.1) is 0 Å². The molecule has 3 aromatic rings. The maximum absolute atomic E-state index is 13.0. The van der Waals surface area contributed by atoms with E-state index in [1.807, 2.05) is 12.1 Å². The van der Waals surface area contributed by atoms with E-state index in [2.05, 4.69) is 24.0 Å². The fourth-order valence-corrected chi connectivity index (χ4v) is 3.78. The summed E-state index contributed by atoms with van der Waals surface area (Å²) in [6.45, 7) is 0. The van der Waals surface area contributed by atoms with Gasteiger partial charge in [-0.25, -0.2) is 0 Å². The molecule has 1 aromatic heterocycles. The van der Waals surface area contributed by atoms with Crippen LogP contribution in [0.3, 0.4) is 0 Å². The first-order valence-corrected chi connectivity index (χ1v) is 8.97. The molecule has 4 rings (SSSR count). The van der Waals surface area contributed by atoms with Crippen LogP contribution in [0.25, 0.3) is 10.9 Å². The molecule has 0 aliphatic heterocycles. The van der Waals surface area contributed by atoms with Gasteiger partial charge < -0.3 is 14.6 Å². The second kappa shape index (κ2) is 6.60. The van der Waals surface area contributed by atoms with E-state index < -0.39 is 11.7 Å². The van der Waals surface area contributed by atoms with Gasteiger partial charge in [-0.3, -0.25) is 0 Å². The molecule has 1 aliphatic rings. The minimum Gasteiger partial charge on any atom is -0.455 e. The number of halogens is 3. The third-order valence-corrected chi connectivity index (χ3v) is 5.28. The summed E-state index contributed by atoms with van der Waals surface area (Å²) in [7, 11) is 4.18. The number of para-hydroxylation sites is 1. The highest BCUT2D eigenvalue weighted by molar-refractivity contribution is 5.90. The fourth-order valence-electron chi connectivity index (χ4n) is 3.78. The summed E-state index contributed by atoms with van der Waals surface area (Å²) >= 11 is 0. The normalized spacial score (nSPS) is 17.3. The number of nitrogens with zero attached hydrogens (tertiary/aromatic N) is 1.